The lowest BCUT2D eigenvalue weighted by molar-refractivity contribution is -0.150. The number of aliphatic carboxylic acids is 2. The second kappa shape index (κ2) is 47.5. The number of carbonyl (C=O) groups excluding carboxylic acids is 12. The zero-order valence-electron chi connectivity index (χ0n) is 57.0. The summed E-state index contributed by atoms with van der Waals surface area (Å²) in [7, 11) is 0. The molecule has 43 nitrogen and oxygen atoms in total. The summed E-state index contributed by atoms with van der Waals surface area (Å²) < 4.78 is 0. The van der Waals surface area contributed by atoms with E-state index >= 15 is 0 Å². The summed E-state index contributed by atoms with van der Waals surface area (Å²) in [5.41, 5.74) is 66.5. The van der Waals surface area contributed by atoms with Gasteiger partial charge in [0.15, 0.2) is 23.8 Å². The van der Waals surface area contributed by atoms with E-state index in [1.165, 1.54) is 0 Å². The molecule has 1 rings (SSSR count). The van der Waals surface area contributed by atoms with E-state index in [-0.39, 0.29) is 147 Å². The van der Waals surface area contributed by atoms with Crippen molar-refractivity contribution >= 4 is 107 Å². The number of likely N-dealkylation sites (tertiary alicyclic amines) is 1. The monoisotopic (exact) mass is 1440 g/mol. The number of unbranched alkanes of at least 4 members (excludes halogenated alkanes) is 1. The number of nitrogens with one attached hydrogen (secondary N) is 9. The van der Waals surface area contributed by atoms with E-state index in [2.05, 4.69) is 67.8 Å². The number of aliphatic hydroxyl groups is 1. The van der Waals surface area contributed by atoms with Crippen molar-refractivity contribution in [2.75, 3.05) is 45.9 Å². The minimum atomic E-state index is -2.00. The van der Waals surface area contributed by atoms with Crippen LogP contribution in [0.1, 0.15) is 136 Å². The Balaban J connectivity index is 3.77. The fraction of sp³-hybridized carbons (Fsp3) is 0.690. The number of aliphatic imine (C=N–C) groups is 4. The first-order valence-electron chi connectivity index (χ1n) is 32.8. The number of amides is 12. The quantitative estimate of drug-likeness (QED) is 0.0153. The first kappa shape index (κ1) is 88.6. The summed E-state index contributed by atoms with van der Waals surface area (Å²) >= 11 is 0. The number of primary amides is 2. The van der Waals surface area contributed by atoms with E-state index < -0.39 is 187 Å². The molecular weight excluding hydrogens is 1330 g/mol. The van der Waals surface area contributed by atoms with Gasteiger partial charge in [-0.3, -0.25) is 82.3 Å². The molecule has 0 aromatic rings. The predicted molar refractivity (Wildman–Crippen MR) is 366 cm³/mol. The molecule has 0 aliphatic carbocycles. The SMILES string of the molecule is CC(C)C[C@H](NC(=O)[C@H](CCC(=O)O)NC(=O)[C@H](CC(N)=O)NC(=O)[C@H](CCCN=C(N)N)NC(=O)[C@H](CCCN=C(N)N)NC(=O)[C@H](CCC(N)=O)NC(=O)[C@@H](N)CCCN=C(N)N)C(=O)N[C@@H](CCCCN)C(=O)N[C@@H](CCCN=C(N)N)C(=O)N[C@@H](CO)C(=O)N1CCC[C@H]1C(=O)O. The summed E-state index contributed by atoms with van der Waals surface area (Å²) in [4.78, 5) is 206. The van der Waals surface area contributed by atoms with Crippen LogP contribution in [0.5, 0.6) is 0 Å². The Morgan fingerprint density at radius 1 is 0.426 bits per heavy atom. The lowest BCUT2D eigenvalue weighted by atomic mass is 10.0. The van der Waals surface area contributed by atoms with E-state index in [0.717, 1.165) is 4.90 Å². The number of carboxylic acids is 2. The van der Waals surface area contributed by atoms with E-state index in [9.17, 15) is 82.4 Å². The van der Waals surface area contributed by atoms with Gasteiger partial charge in [0.2, 0.25) is 70.9 Å². The van der Waals surface area contributed by atoms with Gasteiger partial charge in [-0.05, 0) is 115 Å². The third-order valence-electron chi connectivity index (χ3n) is 15.2. The Kier molecular flexibility index (Phi) is 41.7. The highest BCUT2D eigenvalue weighted by molar-refractivity contribution is 6.00. The third kappa shape index (κ3) is 36.8. The van der Waals surface area contributed by atoms with Crippen LogP contribution in [-0.4, -0.2) is 239 Å². The molecule has 0 aromatic heterocycles. The van der Waals surface area contributed by atoms with Gasteiger partial charge in [-0.1, -0.05) is 13.8 Å². The molecule has 1 fully saturated rings. The van der Waals surface area contributed by atoms with Crippen LogP contribution in [0.3, 0.4) is 0 Å². The number of guanidine groups is 4. The van der Waals surface area contributed by atoms with E-state index in [1.807, 2.05) is 0 Å². The van der Waals surface area contributed by atoms with E-state index in [1.54, 1.807) is 13.8 Å². The number of carboxylic acid groups (broad SMARTS) is 2. The van der Waals surface area contributed by atoms with Gasteiger partial charge in [0, 0.05) is 45.6 Å². The van der Waals surface area contributed by atoms with Crippen molar-refractivity contribution in [1.82, 2.24) is 52.8 Å². The van der Waals surface area contributed by atoms with Crippen LogP contribution in [0.15, 0.2) is 20.0 Å². The normalized spacial score (nSPS) is 15.4. The van der Waals surface area contributed by atoms with Crippen molar-refractivity contribution in [2.24, 2.45) is 94.7 Å². The second-order valence-corrected chi connectivity index (χ2v) is 24.2. The Bertz CT molecular complexity index is 2920. The van der Waals surface area contributed by atoms with E-state index in [4.69, 9.17) is 68.8 Å². The summed E-state index contributed by atoms with van der Waals surface area (Å²) in [5, 5.41) is 51.7. The Morgan fingerprint density at radius 2 is 0.762 bits per heavy atom. The maximum atomic E-state index is 14.5. The maximum Gasteiger partial charge on any atom is 0.326 e. The third-order valence-corrected chi connectivity index (χ3v) is 15.2. The molecule has 0 aromatic carbocycles. The van der Waals surface area contributed by atoms with Crippen LogP contribution in [0, 0.1) is 5.92 Å². The summed E-state index contributed by atoms with van der Waals surface area (Å²) in [6, 6.07) is -17.3. The molecule has 12 amide bonds. The number of nitrogens with zero attached hydrogens (tertiary/aromatic N) is 5. The van der Waals surface area contributed by atoms with Gasteiger partial charge in [0.25, 0.3) is 0 Å². The number of carbonyl (C=O) groups is 14. The Hall–Kier alpha value is -10.5. The van der Waals surface area contributed by atoms with E-state index in [0.29, 0.717) is 12.8 Å². The van der Waals surface area contributed by atoms with Crippen molar-refractivity contribution < 1.29 is 82.4 Å². The summed E-state index contributed by atoms with van der Waals surface area (Å²) in [6.45, 7) is 2.38. The zero-order valence-corrected chi connectivity index (χ0v) is 57.0. The number of aliphatic hydroxyl groups excluding tert-OH is 1. The molecule has 1 saturated heterocycles. The van der Waals surface area contributed by atoms with Gasteiger partial charge in [-0.25, -0.2) is 4.79 Å². The first-order valence-corrected chi connectivity index (χ1v) is 32.8. The van der Waals surface area contributed by atoms with Crippen LogP contribution >= 0.6 is 0 Å². The zero-order chi connectivity index (χ0) is 76.5. The molecule has 1 aliphatic heterocycles. The Morgan fingerprint density at radius 3 is 1.12 bits per heavy atom. The predicted octanol–water partition coefficient (Wildman–Crippen LogP) is -10.9. The average Bonchev–Trinajstić information content (AvgIpc) is 1.76. The maximum absolute atomic E-state index is 14.5. The van der Waals surface area contributed by atoms with Crippen molar-refractivity contribution in [3.63, 3.8) is 0 Å². The van der Waals surface area contributed by atoms with Gasteiger partial charge in [0.05, 0.1) is 19.1 Å². The molecule has 43 heteroatoms. The first-order chi connectivity index (χ1) is 47.5. The number of hydrogen-bond donors (Lipinski definition) is 24. The molecule has 11 atom stereocenters. The van der Waals surface area contributed by atoms with Gasteiger partial charge in [0.1, 0.15) is 60.4 Å². The highest BCUT2D eigenvalue weighted by Gasteiger charge is 2.40. The lowest BCUT2D eigenvalue weighted by Crippen LogP contribution is -2.61. The van der Waals surface area contributed by atoms with Crippen LogP contribution < -0.4 is 117 Å². The largest absolute Gasteiger partial charge is 0.481 e. The van der Waals surface area contributed by atoms with Crippen molar-refractivity contribution in [3.8, 4) is 0 Å². The minimum Gasteiger partial charge on any atom is -0.481 e. The summed E-state index contributed by atoms with van der Waals surface area (Å²) in [6.07, 6.45) is -3.05. The molecule has 0 unspecified atom stereocenters. The van der Waals surface area contributed by atoms with Crippen molar-refractivity contribution in [2.45, 2.75) is 202 Å². The summed E-state index contributed by atoms with van der Waals surface area (Å²) in [5.74, 6) is -16.8. The van der Waals surface area contributed by atoms with Gasteiger partial charge >= 0.3 is 11.9 Å². The molecule has 0 bridgehead atoms. The molecule has 36 N–H and O–H groups in total. The molecule has 101 heavy (non-hydrogen) atoms. The van der Waals surface area contributed by atoms with Crippen molar-refractivity contribution in [3.05, 3.63) is 0 Å². The molecule has 0 radical (unpaired) electrons. The number of rotatable bonds is 51. The molecule has 0 saturated carbocycles. The topological polar surface area (TPSA) is 773 Å². The molecule has 0 spiro atoms. The van der Waals surface area contributed by atoms with Gasteiger partial charge in [-0.15, -0.1) is 0 Å². The van der Waals surface area contributed by atoms with Crippen LogP contribution in [0.25, 0.3) is 0 Å². The highest BCUT2D eigenvalue weighted by atomic mass is 16.4. The fourth-order valence-electron chi connectivity index (χ4n) is 10.1. The smallest absolute Gasteiger partial charge is 0.326 e. The average molecular weight is 1440 g/mol. The standard InChI is InChI=1S/C58H106N26O17/c1-29(2)26-37(51(97)79-31(11-3-4-20-59)45(91)77-34(14-8-24-74-58(69)70)48(94)83-39(28-85)53(99)84-25-9-15-40(84)54(100)101)81-50(96)36(17-19-43(88)89)80-52(98)38(27-42(62)87)82-47(93)33(13-7-23-73-57(67)68)76-46(92)32(12-6-22-72-56(65)66)78-49(95)35(16-18-41(61)86)75-44(90)30(60)10-5-21-71-55(63)64/h29-40,85H,3-28,59-60H2,1-2H3,(H2,61,86)(H2,62,87)(H,75,90)(H,76,92)(H,77,91)(H,78,95)(H,79,97)(H,80,98)(H,81,96)(H,82,93)(H,83,94)(H,88,89)(H,100,101)(H4,63,64,71)(H4,65,66,72)(H4,67,68,73)(H4,69,70,74)/t30-,31-,32-,33-,34-,35-,36-,37-,38-,39-,40-/m0/s1. The molecular formula is C58H106N26O17. The number of hydrogen-bond acceptors (Lipinski definition) is 21. The van der Waals surface area contributed by atoms with Crippen LogP contribution in [0.2, 0.25) is 0 Å². The van der Waals surface area contributed by atoms with Gasteiger partial charge in [-0.2, -0.15) is 0 Å². The fourth-order valence-corrected chi connectivity index (χ4v) is 10.1. The van der Waals surface area contributed by atoms with Crippen molar-refractivity contribution in [1.29, 1.82) is 0 Å². The Labute approximate surface area is 583 Å². The van der Waals surface area contributed by atoms with Gasteiger partial charge < -0.3 is 137 Å². The van der Waals surface area contributed by atoms with Crippen LogP contribution in [-0.2, 0) is 67.1 Å². The van der Waals surface area contributed by atoms with Crippen LogP contribution in [0.4, 0.5) is 0 Å². The lowest BCUT2D eigenvalue weighted by Gasteiger charge is -2.29. The highest BCUT2D eigenvalue weighted by Crippen LogP contribution is 2.19. The minimum absolute atomic E-state index is 0.00363. The molecule has 1 heterocycles. The molecule has 570 valence electrons. The molecule has 1 aliphatic rings. The second-order valence-electron chi connectivity index (χ2n) is 24.2. The number of nitrogens with two attached hydrogens (primary N) is 12.